The Bertz CT molecular complexity index is 356. The van der Waals surface area contributed by atoms with Crippen molar-refractivity contribution >= 4 is 17.9 Å². The zero-order valence-electron chi connectivity index (χ0n) is 11.1. The van der Waals surface area contributed by atoms with Crippen LogP contribution in [0.4, 0.5) is 0 Å². The first-order valence-corrected chi connectivity index (χ1v) is 5.49. The molecule has 0 spiro atoms. The highest BCUT2D eigenvalue weighted by atomic mass is 16.5. The van der Waals surface area contributed by atoms with E-state index in [1.165, 1.54) is 21.1 Å². The van der Waals surface area contributed by atoms with Crippen molar-refractivity contribution in [1.82, 2.24) is 0 Å². The summed E-state index contributed by atoms with van der Waals surface area (Å²) < 4.78 is 13.8. The zero-order chi connectivity index (χ0) is 14.1. The summed E-state index contributed by atoms with van der Waals surface area (Å²) in [6.07, 6.45) is 0.0711. The Hall–Kier alpha value is -1.85. The molecule has 0 aliphatic heterocycles. The molecule has 0 aromatic rings. The molecule has 6 heteroatoms. The Morgan fingerprint density at radius 3 is 2.00 bits per heavy atom. The van der Waals surface area contributed by atoms with Crippen molar-refractivity contribution in [3.05, 3.63) is 11.1 Å². The van der Waals surface area contributed by atoms with Gasteiger partial charge in [0.25, 0.3) is 0 Å². The lowest BCUT2D eigenvalue weighted by Gasteiger charge is -2.09. The first-order chi connectivity index (χ1) is 8.47. The Labute approximate surface area is 106 Å². The van der Waals surface area contributed by atoms with Gasteiger partial charge in [0.05, 0.1) is 20.8 Å². The van der Waals surface area contributed by atoms with E-state index < -0.39 is 17.9 Å². The largest absolute Gasteiger partial charge is 0.469 e. The number of carbonyl (C=O) groups excluding carboxylic acids is 3. The van der Waals surface area contributed by atoms with Gasteiger partial charge >= 0.3 is 17.9 Å². The van der Waals surface area contributed by atoms with Gasteiger partial charge in [-0.1, -0.05) is 0 Å². The van der Waals surface area contributed by atoms with E-state index in [1.807, 2.05) is 0 Å². The second kappa shape index (κ2) is 8.27. The molecule has 18 heavy (non-hydrogen) atoms. The third-order valence-electron chi connectivity index (χ3n) is 2.27. The molecule has 0 saturated heterocycles. The summed E-state index contributed by atoms with van der Waals surface area (Å²) in [5.74, 6) is -1.71. The number of hydrogen-bond acceptors (Lipinski definition) is 6. The van der Waals surface area contributed by atoms with Gasteiger partial charge in [0, 0.05) is 17.6 Å². The van der Waals surface area contributed by atoms with Crippen molar-refractivity contribution in [2.75, 3.05) is 20.8 Å². The molecular formula is C12H18O6. The Kier molecular flexibility index (Phi) is 7.42. The van der Waals surface area contributed by atoms with Gasteiger partial charge in [-0.2, -0.15) is 0 Å². The van der Waals surface area contributed by atoms with Crippen molar-refractivity contribution in [2.45, 2.75) is 26.7 Å². The molecule has 102 valence electrons. The second-order valence-corrected chi connectivity index (χ2v) is 3.39. The SMILES string of the molecule is CCOC(=O)C(C)=C(CCC(=O)OC)C(=O)OC. The van der Waals surface area contributed by atoms with Gasteiger partial charge in [-0.25, -0.2) is 9.59 Å². The Morgan fingerprint density at radius 2 is 1.56 bits per heavy atom. The minimum Gasteiger partial charge on any atom is -0.469 e. The molecule has 0 fully saturated rings. The Balaban J connectivity index is 4.97. The molecule has 0 aliphatic rings. The van der Waals surface area contributed by atoms with Crippen LogP contribution in [0.25, 0.3) is 0 Å². The van der Waals surface area contributed by atoms with Gasteiger partial charge < -0.3 is 14.2 Å². The highest BCUT2D eigenvalue weighted by Gasteiger charge is 2.20. The van der Waals surface area contributed by atoms with E-state index in [0.717, 1.165) is 0 Å². The van der Waals surface area contributed by atoms with Gasteiger partial charge in [0.15, 0.2) is 0 Å². The monoisotopic (exact) mass is 258 g/mol. The normalized spacial score (nSPS) is 11.3. The predicted molar refractivity (Wildman–Crippen MR) is 62.6 cm³/mol. The van der Waals surface area contributed by atoms with Crippen molar-refractivity contribution in [3.63, 3.8) is 0 Å². The van der Waals surface area contributed by atoms with Crippen LogP contribution in [0.3, 0.4) is 0 Å². The number of hydrogen-bond donors (Lipinski definition) is 0. The van der Waals surface area contributed by atoms with Crippen molar-refractivity contribution in [3.8, 4) is 0 Å². The summed E-state index contributed by atoms with van der Waals surface area (Å²) in [6.45, 7) is 3.33. The molecule has 0 aromatic heterocycles. The molecule has 0 aromatic carbocycles. The Morgan fingerprint density at radius 1 is 0.944 bits per heavy atom. The van der Waals surface area contributed by atoms with Crippen LogP contribution in [0.15, 0.2) is 11.1 Å². The average molecular weight is 258 g/mol. The van der Waals surface area contributed by atoms with Crippen LogP contribution in [-0.4, -0.2) is 38.7 Å². The topological polar surface area (TPSA) is 78.9 Å². The smallest absolute Gasteiger partial charge is 0.334 e. The zero-order valence-corrected chi connectivity index (χ0v) is 11.1. The molecule has 0 aliphatic carbocycles. The van der Waals surface area contributed by atoms with Gasteiger partial charge in [-0.3, -0.25) is 4.79 Å². The molecule has 0 atom stereocenters. The predicted octanol–water partition coefficient (Wildman–Crippen LogP) is 0.992. The number of methoxy groups -OCH3 is 2. The van der Waals surface area contributed by atoms with Gasteiger partial charge in [0.1, 0.15) is 0 Å². The average Bonchev–Trinajstić information content (AvgIpc) is 2.37. The molecule has 0 N–H and O–H groups in total. The van der Waals surface area contributed by atoms with Crippen LogP contribution in [0.5, 0.6) is 0 Å². The quantitative estimate of drug-likeness (QED) is 0.401. The highest BCUT2D eigenvalue weighted by molar-refractivity contribution is 6.00. The van der Waals surface area contributed by atoms with Crippen LogP contribution in [-0.2, 0) is 28.6 Å². The van der Waals surface area contributed by atoms with Crippen LogP contribution >= 0.6 is 0 Å². The van der Waals surface area contributed by atoms with E-state index in [4.69, 9.17) is 4.74 Å². The number of ether oxygens (including phenoxy) is 3. The molecular weight excluding hydrogens is 240 g/mol. The van der Waals surface area contributed by atoms with E-state index in [2.05, 4.69) is 9.47 Å². The van der Waals surface area contributed by atoms with E-state index in [0.29, 0.717) is 0 Å². The molecule has 0 saturated carbocycles. The summed E-state index contributed by atoms with van der Waals surface area (Å²) in [4.78, 5) is 34.1. The maximum Gasteiger partial charge on any atom is 0.334 e. The van der Waals surface area contributed by atoms with Crippen LogP contribution < -0.4 is 0 Å². The second-order valence-electron chi connectivity index (χ2n) is 3.39. The van der Waals surface area contributed by atoms with Crippen molar-refractivity contribution in [1.29, 1.82) is 0 Å². The number of rotatable bonds is 6. The van der Waals surface area contributed by atoms with Crippen LogP contribution in [0.2, 0.25) is 0 Å². The van der Waals surface area contributed by atoms with E-state index in [9.17, 15) is 14.4 Å². The number of esters is 3. The van der Waals surface area contributed by atoms with Crippen molar-refractivity contribution < 1.29 is 28.6 Å². The molecule has 0 radical (unpaired) electrons. The third-order valence-corrected chi connectivity index (χ3v) is 2.27. The van der Waals surface area contributed by atoms with Crippen LogP contribution in [0, 0.1) is 0 Å². The highest BCUT2D eigenvalue weighted by Crippen LogP contribution is 2.15. The molecule has 0 rings (SSSR count). The fourth-order valence-electron chi connectivity index (χ4n) is 1.26. The summed E-state index contributed by atoms with van der Waals surface area (Å²) >= 11 is 0. The summed E-state index contributed by atoms with van der Waals surface area (Å²) in [5.41, 5.74) is 0.272. The maximum atomic E-state index is 11.5. The summed E-state index contributed by atoms with van der Waals surface area (Å²) in [6, 6.07) is 0. The van der Waals surface area contributed by atoms with Crippen LogP contribution in [0.1, 0.15) is 26.7 Å². The van der Waals surface area contributed by atoms with Gasteiger partial charge in [-0.15, -0.1) is 0 Å². The summed E-state index contributed by atoms with van der Waals surface area (Å²) in [5, 5.41) is 0. The first kappa shape index (κ1) is 16.1. The lowest BCUT2D eigenvalue weighted by Crippen LogP contribution is -2.15. The molecule has 0 amide bonds. The molecule has 6 nitrogen and oxygen atoms in total. The third kappa shape index (κ3) is 4.99. The fraction of sp³-hybridized carbons (Fsp3) is 0.583. The fourth-order valence-corrected chi connectivity index (χ4v) is 1.26. The molecule has 0 unspecified atom stereocenters. The van der Waals surface area contributed by atoms with E-state index in [1.54, 1.807) is 6.92 Å². The lowest BCUT2D eigenvalue weighted by molar-refractivity contribution is -0.142. The maximum absolute atomic E-state index is 11.5. The standard InChI is InChI=1S/C12H18O6/c1-5-18-11(14)8(2)9(12(15)17-4)6-7-10(13)16-3/h5-7H2,1-4H3. The van der Waals surface area contributed by atoms with Gasteiger partial charge in [0.2, 0.25) is 0 Å². The number of carbonyl (C=O) groups is 3. The minimum atomic E-state index is -0.649. The first-order valence-electron chi connectivity index (χ1n) is 5.49. The summed E-state index contributed by atoms with van der Waals surface area (Å²) in [7, 11) is 2.46. The lowest BCUT2D eigenvalue weighted by atomic mass is 10.0. The van der Waals surface area contributed by atoms with Crippen molar-refractivity contribution in [2.24, 2.45) is 0 Å². The van der Waals surface area contributed by atoms with E-state index >= 15 is 0 Å². The van der Waals surface area contributed by atoms with E-state index in [-0.39, 0.29) is 30.6 Å². The minimum absolute atomic E-state index is 0.00230. The van der Waals surface area contributed by atoms with Gasteiger partial charge in [-0.05, 0) is 20.3 Å². The molecule has 0 bridgehead atoms. The molecule has 0 heterocycles.